The normalized spacial score (nSPS) is 24.6. The molecule has 0 aromatic heterocycles. The largest absolute Gasteiger partial charge is 0.490 e. The number of aryl methyl sites for hydroxylation is 1. The topological polar surface area (TPSA) is 18.5 Å². The Kier molecular flexibility index (Phi) is 4.46. The molecule has 1 aromatic rings. The van der Waals surface area contributed by atoms with Gasteiger partial charge in [0.05, 0.1) is 6.10 Å². The van der Waals surface area contributed by atoms with Crippen molar-refractivity contribution in [2.75, 3.05) is 7.11 Å². The molecule has 0 amide bonds. The van der Waals surface area contributed by atoms with E-state index in [-0.39, 0.29) is 0 Å². The van der Waals surface area contributed by atoms with Crippen molar-refractivity contribution in [1.29, 1.82) is 0 Å². The van der Waals surface area contributed by atoms with Gasteiger partial charge in [0.25, 0.3) is 0 Å². The zero-order valence-electron chi connectivity index (χ0n) is 10.4. The molecule has 0 heterocycles. The molecule has 1 fully saturated rings. The first-order valence-electron chi connectivity index (χ1n) is 6.14. The smallest absolute Gasteiger partial charge is 0.122 e. The summed E-state index contributed by atoms with van der Waals surface area (Å²) in [6, 6.07) is 6.15. The standard InChI is InChI=1S/C14H19BrO2/c1-10-8-11(15)6-7-14(10)17-13-5-3-4-12(9-13)16-2/h6-8,12-13H,3-5,9H2,1-2H3. The van der Waals surface area contributed by atoms with E-state index in [0.717, 1.165) is 29.5 Å². The third kappa shape index (κ3) is 3.46. The fourth-order valence-electron chi connectivity index (χ4n) is 2.35. The van der Waals surface area contributed by atoms with Crippen LogP contribution in [-0.2, 0) is 4.74 Å². The summed E-state index contributed by atoms with van der Waals surface area (Å²) in [6.07, 6.45) is 5.16. The van der Waals surface area contributed by atoms with Gasteiger partial charge in [-0.1, -0.05) is 15.9 Å². The Hall–Kier alpha value is -0.540. The van der Waals surface area contributed by atoms with E-state index in [1.807, 2.05) is 12.1 Å². The van der Waals surface area contributed by atoms with Crippen LogP contribution in [0.1, 0.15) is 31.2 Å². The van der Waals surface area contributed by atoms with Crippen LogP contribution < -0.4 is 4.74 Å². The van der Waals surface area contributed by atoms with Crippen molar-refractivity contribution in [1.82, 2.24) is 0 Å². The zero-order valence-corrected chi connectivity index (χ0v) is 12.0. The van der Waals surface area contributed by atoms with E-state index in [9.17, 15) is 0 Å². The van der Waals surface area contributed by atoms with Gasteiger partial charge in [0.15, 0.2) is 0 Å². The summed E-state index contributed by atoms with van der Waals surface area (Å²) >= 11 is 3.47. The second-order valence-electron chi connectivity index (χ2n) is 4.67. The molecule has 2 unspecified atom stereocenters. The quantitative estimate of drug-likeness (QED) is 0.837. The number of ether oxygens (including phenoxy) is 2. The first-order chi connectivity index (χ1) is 8.19. The minimum absolute atomic E-state index is 0.300. The number of methoxy groups -OCH3 is 1. The first kappa shape index (κ1) is 12.9. The lowest BCUT2D eigenvalue weighted by Gasteiger charge is -2.29. The molecule has 2 atom stereocenters. The van der Waals surface area contributed by atoms with Crippen molar-refractivity contribution >= 4 is 15.9 Å². The van der Waals surface area contributed by atoms with Crippen LogP contribution in [0, 0.1) is 6.92 Å². The molecule has 2 nitrogen and oxygen atoms in total. The van der Waals surface area contributed by atoms with E-state index in [1.54, 1.807) is 7.11 Å². The van der Waals surface area contributed by atoms with Crippen LogP contribution >= 0.6 is 15.9 Å². The van der Waals surface area contributed by atoms with Crippen LogP contribution in [0.15, 0.2) is 22.7 Å². The molecule has 3 heteroatoms. The maximum atomic E-state index is 6.07. The third-order valence-corrected chi connectivity index (χ3v) is 3.84. The van der Waals surface area contributed by atoms with E-state index in [4.69, 9.17) is 9.47 Å². The predicted molar refractivity (Wildman–Crippen MR) is 72.6 cm³/mol. The minimum atomic E-state index is 0.300. The van der Waals surface area contributed by atoms with Crippen LogP contribution in [0.5, 0.6) is 5.75 Å². The van der Waals surface area contributed by atoms with Crippen LogP contribution in [0.25, 0.3) is 0 Å². The monoisotopic (exact) mass is 298 g/mol. The summed E-state index contributed by atoms with van der Waals surface area (Å²) < 4.78 is 12.6. The minimum Gasteiger partial charge on any atom is -0.490 e. The van der Waals surface area contributed by atoms with Gasteiger partial charge in [-0.2, -0.15) is 0 Å². The highest BCUT2D eigenvalue weighted by atomic mass is 79.9. The van der Waals surface area contributed by atoms with Gasteiger partial charge in [-0.15, -0.1) is 0 Å². The van der Waals surface area contributed by atoms with Crippen LogP contribution in [0.3, 0.4) is 0 Å². The summed E-state index contributed by atoms with van der Waals surface area (Å²) in [4.78, 5) is 0. The molecule has 0 radical (unpaired) electrons. The highest BCUT2D eigenvalue weighted by molar-refractivity contribution is 9.10. The Bertz CT molecular complexity index is 378. The number of benzene rings is 1. The molecule has 0 bridgehead atoms. The second kappa shape index (κ2) is 5.87. The molecule has 17 heavy (non-hydrogen) atoms. The molecule has 2 rings (SSSR count). The van der Waals surface area contributed by atoms with E-state index < -0.39 is 0 Å². The van der Waals surface area contributed by atoms with Crippen molar-refractivity contribution in [2.45, 2.75) is 44.8 Å². The lowest BCUT2D eigenvalue weighted by atomic mass is 9.95. The maximum Gasteiger partial charge on any atom is 0.122 e. The van der Waals surface area contributed by atoms with E-state index in [2.05, 4.69) is 28.9 Å². The fraction of sp³-hybridized carbons (Fsp3) is 0.571. The van der Waals surface area contributed by atoms with Crippen molar-refractivity contribution in [3.8, 4) is 5.75 Å². The third-order valence-electron chi connectivity index (χ3n) is 3.34. The Labute approximate surface area is 111 Å². The number of halogens is 1. The highest BCUT2D eigenvalue weighted by Gasteiger charge is 2.23. The lowest BCUT2D eigenvalue weighted by Crippen LogP contribution is -2.29. The Morgan fingerprint density at radius 1 is 1.24 bits per heavy atom. The average Bonchev–Trinajstić information content (AvgIpc) is 2.33. The SMILES string of the molecule is COC1CCCC(Oc2ccc(Br)cc2C)C1. The van der Waals surface area contributed by atoms with Crippen molar-refractivity contribution in [3.05, 3.63) is 28.2 Å². The zero-order chi connectivity index (χ0) is 12.3. The molecular weight excluding hydrogens is 280 g/mol. The van der Waals surface area contributed by atoms with Gasteiger partial charge < -0.3 is 9.47 Å². The summed E-state index contributed by atoms with van der Waals surface area (Å²) in [6.45, 7) is 2.08. The number of hydrogen-bond donors (Lipinski definition) is 0. The van der Waals surface area contributed by atoms with Gasteiger partial charge in [0.2, 0.25) is 0 Å². The average molecular weight is 299 g/mol. The summed E-state index contributed by atoms with van der Waals surface area (Å²) in [5.74, 6) is 0.995. The molecule has 94 valence electrons. The Morgan fingerprint density at radius 2 is 2.00 bits per heavy atom. The van der Waals surface area contributed by atoms with E-state index in [0.29, 0.717) is 12.2 Å². The summed E-state index contributed by atoms with van der Waals surface area (Å²) in [5.41, 5.74) is 1.18. The van der Waals surface area contributed by atoms with Crippen LogP contribution in [0.4, 0.5) is 0 Å². The number of hydrogen-bond acceptors (Lipinski definition) is 2. The maximum absolute atomic E-state index is 6.07. The first-order valence-corrected chi connectivity index (χ1v) is 6.94. The van der Waals surface area contributed by atoms with Crippen molar-refractivity contribution in [2.24, 2.45) is 0 Å². The lowest BCUT2D eigenvalue weighted by molar-refractivity contribution is 0.0207. The predicted octanol–water partition coefficient (Wildman–Crippen LogP) is 4.09. The van der Waals surface area contributed by atoms with Gasteiger partial charge >= 0.3 is 0 Å². The molecule has 1 aliphatic rings. The Morgan fingerprint density at radius 3 is 2.71 bits per heavy atom. The van der Waals surface area contributed by atoms with Crippen LogP contribution in [-0.4, -0.2) is 19.3 Å². The summed E-state index contributed by atoms with van der Waals surface area (Å²) in [5, 5.41) is 0. The second-order valence-corrected chi connectivity index (χ2v) is 5.59. The van der Waals surface area contributed by atoms with E-state index >= 15 is 0 Å². The molecule has 0 spiro atoms. The van der Waals surface area contributed by atoms with Gasteiger partial charge in [-0.3, -0.25) is 0 Å². The highest BCUT2D eigenvalue weighted by Crippen LogP contribution is 2.28. The van der Waals surface area contributed by atoms with Crippen molar-refractivity contribution < 1.29 is 9.47 Å². The van der Waals surface area contributed by atoms with Gasteiger partial charge in [-0.25, -0.2) is 0 Å². The molecule has 0 saturated heterocycles. The van der Waals surface area contributed by atoms with Gasteiger partial charge in [0, 0.05) is 18.0 Å². The number of rotatable bonds is 3. The van der Waals surface area contributed by atoms with Crippen molar-refractivity contribution in [3.63, 3.8) is 0 Å². The fourth-order valence-corrected chi connectivity index (χ4v) is 2.82. The molecule has 1 saturated carbocycles. The molecule has 0 N–H and O–H groups in total. The summed E-state index contributed by atoms with van der Waals surface area (Å²) in [7, 11) is 1.79. The molecule has 1 aliphatic carbocycles. The van der Waals surface area contributed by atoms with Crippen LogP contribution in [0.2, 0.25) is 0 Å². The molecule has 0 aliphatic heterocycles. The van der Waals surface area contributed by atoms with E-state index in [1.165, 1.54) is 12.0 Å². The Balaban J connectivity index is 2.00. The molecular formula is C14H19BrO2. The van der Waals surface area contributed by atoms with Gasteiger partial charge in [-0.05, 0) is 49.9 Å². The molecule has 1 aromatic carbocycles. The van der Waals surface area contributed by atoms with Gasteiger partial charge in [0.1, 0.15) is 11.9 Å².